The number of rotatable bonds is 4. The molecule has 10 heteroatoms. The van der Waals surface area contributed by atoms with E-state index in [0.29, 0.717) is 37.1 Å². The van der Waals surface area contributed by atoms with Crippen LogP contribution < -0.4 is 0 Å². The largest absolute Gasteiger partial charge is 0.444 e. The number of ether oxygens (including phenoxy) is 1. The van der Waals surface area contributed by atoms with Gasteiger partial charge in [-0.05, 0) is 70.7 Å². The van der Waals surface area contributed by atoms with E-state index in [1.807, 2.05) is 13.0 Å². The number of piperidine rings is 1. The molecule has 7 nitrogen and oxygen atoms in total. The van der Waals surface area contributed by atoms with Crippen molar-refractivity contribution in [1.82, 2.24) is 14.7 Å². The van der Waals surface area contributed by atoms with E-state index in [-0.39, 0.29) is 18.4 Å². The third-order valence-electron chi connectivity index (χ3n) is 7.76. The number of nitrogens with zero attached hydrogens (tertiary/aromatic N) is 3. The maximum Gasteiger partial charge on any atom is 0.416 e. The molecule has 0 spiro atoms. The fraction of sp³-hybridized carbons (Fsp3) is 0.500. The molecule has 2 aliphatic rings. The van der Waals surface area contributed by atoms with Gasteiger partial charge >= 0.3 is 12.3 Å². The van der Waals surface area contributed by atoms with Crippen LogP contribution in [0.3, 0.4) is 0 Å². The van der Waals surface area contributed by atoms with Crippen molar-refractivity contribution in [3.05, 3.63) is 71.3 Å². The average Bonchev–Trinajstić information content (AvgIpc) is 2.88. The Morgan fingerprint density at radius 3 is 2.08 bits per heavy atom. The number of piperazine rings is 1. The molecule has 2 aromatic carbocycles. The molecule has 2 atom stereocenters. The second-order valence-electron chi connectivity index (χ2n) is 11.8. The smallest absolute Gasteiger partial charge is 0.416 e. The van der Waals surface area contributed by atoms with E-state index >= 15 is 0 Å². The highest BCUT2D eigenvalue weighted by atomic mass is 19.4. The summed E-state index contributed by atoms with van der Waals surface area (Å²) in [5, 5.41) is 0. The van der Waals surface area contributed by atoms with Gasteiger partial charge in [0.2, 0.25) is 5.91 Å². The molecule has 2 aromatic rings. The average molecular weight is 560 g/mol. The monoisotopic (exact) mass is 559 g/mol. The number of benzene rings is 2. The van der Waals surface area contributed by atoms with Crippen LogP contribution in [0.15, 0.2) is 54.6 Å². The molecule has 40 heavy (non-hydrogen) atoms. The zero-order chi connectivity index (χ0) is 29.5. The molecule has 2 saturated heterocycles. The quantitative estimate of drug-likeness (QED) is 0.463. The second kappa shape index (κ2) is 10.8. The highest BCUT2D eigenvalue weighted by molar-refractivity contribution is 5.96. The highest BCUT2D eigenvalue weighted by Gasteiger charge is 2.49. The van der Waals surface area contributed by atoms with Crippen molar-refractivity contribution < 1.29 is 32.3 Å². The molecule has 2 heterocycles. The van der Waals surface area contributed by atoms with Crippen molar-refractivity contribution in [3.8, 4) is 0 Å². The van der Waals surface area contributed by atoms with E-state index < -0.39 is 41.1 Å². The zero-order valence-electron chi connectivity index (χ0n) is 23.5. The normalized spacial score (nSPS) is 20.9. The van der Waals surface area contributed by atoms with Gasteiger partial charge in [-0.25, -0.2) is 4.79 Å². The van der Waals surface area contributed by atoms with Crippen LogP contribution in [0.1, 0.15) is 76.2 Å². The molecule has 0 radical (unpaired) electrons. The van der Waals surface area contributed by atoms with Crippen LogP contribution in [0.5, 0.6) is 0 Å². The minimum atomic E-state index is -4.47. The summed E-state index contributed by atoms with van der Waals surface area (Å²) in [5.74, 6) is -0.547. The lowest BCUT2D eigenvalue weighted by Gasteiger charge is -2.52. The molecule has 2 fully saturated rings. The van der Waals surface area contributed by atoms with Crippen molar-refractivity contribution in [2.75, 3.05) is 19.6 Å². The number of hydrogen-bond donors (Lipinski definition) is 0. The minimum Gasteiger partial charge on any atom is -0.444 e. The van der Waals surface area contributed by atoms with Gasteiger partial charge in [-0.1, -0.05) is 42.5 Å². The van der Waals surface area contributed by atoms with E-state index in [4.69, 9.17) is 4.74 Å². The van der Waals surface area contributed by atoms with Crippen LogP contribution in [-0.2, 0) is 20.5 Å². The van der Waals surface area contributed by atoms with E-state index in [1.165, 1.54) is 17.0 Å². The predicted molar refractivity (Wildman–Crippen MR) is 143 cm³/mol. The number of alkyl halides is 3. The van der Waals surface area contributed by atoms with Crippen LogP contribution >= 0.6 is 0 Å². The standard InChI is InChI=1S/C30H36F3N3O4/c1-20(21-11-13-23(14-12-21)30(31,32)33)36-24(37)19-35(26(38)25(36)22-9-7-6-8-10-22)29(5)15-17-34(18-16-29)27(39)40-28(2,3)4/h6-14,20,25H,15-19H2,1-5H3/t20-,25-/m0/s1. The molecule has 0 bridgehead atoms. The van der Waals surface area contributed by atoms with Gasteiger partial charge in [0.15, 0.2) is 0 Å². The first-order valence-electron chi connectivity index (χ1n) is 13.4. The Labute approximate surface area is 232 Å². The lowest BCUT2D eigenvalue weighted by atomic mass is 9.85. The van der Waals surface area contributed by atoms with Crippen molar-refractivity contribution in [2.24, 2.45) is 0 Å². The Kier molecular flexibility index (Phi) is 7.93. The molecule has 3 amide bonds. The maximum atomic E-state index is 14.2. The molecule has 0 N–H and O–H groups in total. The fourth-order valence-corrected chi connectivity index (χ4v) is 5.42. The van der Waals surface area contributed by atoms with Crippen LogP contribution in [-0.4, -0.2) is 63.4 Å². The summed E-state index contributed by atoms with van der Waals surface area (Å²) >= 11 is 0. The number of carbonyl (C=O) groups excluding carboxylic acids is 3. The third kappa shape index (κ3) is 6.10. The summed E-state index contributed by atoms with van der Waals surface area (Å²) < 4.78 is 44.9. The van der Waals surface area contributed by atoms with Gasteiger partial charge in [0, 0.05) is 18.6 Å². The Hall–Kier alpha value is -3.56. The summed E-state index contributed by atoms with van der Waals surface area (Å²) in [5.41, 5.74) is -0.939. The van der Waals surface area contributed by atoms with Gasteiger partial charge < -0.3 is 19.4 Å². The van der Waals surface area contributed by atoms with Gasteiger partial charge in [-0.2, -0.15) is 13.2 Å². The first-order chi connectivity index (χ1) is 18.6. The van der Waals surface area contributed by atoms with Gasteiger partial charge in [0.05, 0.1) is 11.6 Å². The van der Waals surface area contributed by atoms with Gasteiger partial charge in [-0.15, -0.1) is 0 Å². The van der Waals surface area contributed by atoms with Crippen molar-refractivity contribution in [1.29, 1.82) is 0 Å². The van der Waals surface area contributed by atoms with E-state index in [1.54, 1.807) is 61.8 Å². The molecule has 2 aliphatic heterocycles. The van der Waals surface area contributed by atoms with Crippen molar-refractivity contribution in [3.63, 3.8) is 0 Å². The lowest BCUT2D eigenvalue weighted by Crippen LogP contribution is -2.64. The Morgan fingerprint density at radius 1 is 0.975 bits per heavy atom. The summed E-state index contributed by atoms with van der Waals surface area (Å²) in [6.45, 7) is 9.67. The third-order valence-corrected chi connectivity index (χ3v) is 7.76. The molecule has 0 aromatic heterocycles. The molecular formula is C30H36F3N3O4. The number of hydrogen-bond acceptors (Lipinski definition) is 4. The zero-order valence-corrected chi connectivity index (χ0v) is 23.5. The number of halogens is 3. The SMILES string of the molecule is C[C@@H](c1ccc(C(F)(F)F)cc1)N1C(=O)CN(C2(C)CCN(C(=O)OC(C)(C)C)CC2)C(=O)[C@@H]1c1ccccc1. The highest BCUT2D eigenvalue weighted by Crippen LogP contribution is 2.40. The number of likely N-dealkylation sites (tertiary alicyclic amines) is 1. The van der Waals surface area contributed by atoms with Crippen LogP contribution in [0.25, 0.3) is 0 Å². The number of carbonyl (C=O) groups is 3. The first kappa shape index (κ1) is 29.4. The Morgan fingerprint density at radius 2 is 1.55 bits per heavy atom. The Balaban J connectivity index is 1.60. The van der Waals surface area contributed by atoms with Gasteiger partial charge in [0.25, 0.3) is 5.91 Å². The number of amides is 3. The predicted octanol–water partition coefficient (Wildman–Crippen LogP) is 5.97. The molecule has 4 rings (SSSR count). The van der Waals surface area contributed by atoms with Gasteiger partial charge in [0.1, 0.15) is 18.2 Å². The molecule has 0 aliphatic carbocycles. The van der Waals surface area contributed by atoms with Crippen molar-refractivity contribution in [2.45, 2.75) is 76.9 Å². The first-order valence-corrected chi connectivity index (χ1v) is 13.4. The van der Waals surface area contributed by atoms with Crippen LogP contribution in [0, 0.1) is 0 Å². The molecule has 216 valence electrons. The Bertz CT molecular complexity index is 1230. The second-order valence-corrected chi connectivity index (χ2v) is 11.8. The summed E-state index contributed by atoms with van der Waals surface area (Å²) in [6, 6.07) is 12.0. The maximum absolute atomic E-state index is 14.2. The summed E-state index contributed by atoms with van der Waals surface area (Å²) in [7, 11) is 0. The fourth-order valence-electron chi connectivity index (χ4n) is 5.42. The topological polar surface area (TPSA) is 70.2 Å². The van der Waals surface area contributed by atoms with E-state index in [2.05, 4.69) is 0 Å². The minimum absolute atomic E-state index is 0.157. The van der Waals surface area contributed by atoms with Crippen LogP contribution in [0.2, 0.25) is 0 Å². The summed E-state index contributed by atoms with van der Waals surface area (Å²) in [4.78, 5) is 45.3. The molecule has 0 unspecified atom stereocenters. The van der Waals surface area contributed by atoms with Crippen molar-refractivity contribution >= 4 is 17.9 Å². The van der Waals surface area contributed by atoms with Gasteiger partial charge in [-0.3, -0.25) is 9.59 Å². The molecular weight excluding hydrogens is 523 g/mol. The van der Waals surface area contributed by atoms with Crippen LogP contribution in [0.4, 0.5) is 18.0 Å². The summed E-state index contributed by atoms with van der Waals surface area (Å²) in [6.07, 6.45) is -3.93. The van der Waals surface area contributed by atoms with E-state index in [0.717, 1.165) is 12.1 Å². The molecule has 0 saturated carbocycles. The lowest BCUT2D eigenvalue weighted by molar-refractivity contribution is -0.166. The van der Waals surface area contributed by atoms with E-state index in [9.17, 15) is 27.6 Å².